The number of likely N-dealkylation sites (N-methyl/N-ethyl adjacent to an activating group) is 2. The van der Waals surface area contributed by atoms with Crippen LogP contribution in [0, 0.1) is 0 Å². The molecule has 1 heterocycles. The van der Waals surface area contributed by atoms with Gasteiger partial charge in [-0.2, -0.15) is 0 Å². The molecule has 100 valence electrons. The first kappa shape index (κ1) is 13.5. The summed E-state index contributed by atoms with van der Waals surface area (Å²) in [6, 6.07) is 11.7. The zero-order chi connectivity index (χ0) is 12.8. The van der Waals surface area contributed by atoms with Crippen molar-refractivity contribution in [3.63, 3.8) is 0 Å². The summed E-state index contributed by atoms with van der Waals surface area (Å²) in [6.45, 7) is 5.90. The highest BCUT2D eigenvalue weighted by atomic mass is 16.5. The van der Waals surface area contributed by atoms with Gasteiger partial charge in [-0.05, 0) is 25.6 Å². The van der Waals surface area contributed by atoms with Crippen molar-refractivity contribution in [2.45, 2.75) is 32.0 Å². The molecule has 2 rings (SSSR count). The van der Waals surface area contributed by atoms with Crippen molar-refractivity contribution in [3.05, 3.63) is 35.9 Å². The third kappa shape index (κ3) is 3.55. The van der Waals surface area contributed by atoms with E-state index in [-0.39, 0.29) is 0 Å². The summed E-state index contributed by atoms with van der Waals surface area (Å²) in [7, 11) is 2.19. The van der Waals surface area contributed by atoms with Gasteiger partial charge in [-0.3, -0.25) is 4.90 Å². The van der Waals surface area contributed by atoms with Gasteiger partial charge < -0.3 is 10.1 Å². The van der Waals surface area contributed by atoms with Gasteiger partial charge in [0.15, 0.2) is 0 Å². The number of nitrogens with zero attached hydrogens (tertiary/aromatic N) is 1. The summed E-state index contributed by atoms with van der Waals surface area (Å²) in [5.74, 6) is 0. The first-order chi connectivity index (χ1) is 8.81. The van der Waals surface area contributed by atoms with Crippen molar-refractivity contribution < 1.29 is 4.74 Å². The second kappa shape index (κ2) is 6.88. The second-order valence-corrected chi connectivity index (χ2v) is 5.00. The van der Waals surface area contributed by atoms with Crippen LogP contribution in [0.15, 0.2) is 30.3 Å². The first-order valence-electron chi connectivity index (χ1n) is 6.86. The van der Waals surface area contributed by atoms with Gasteiger partial charge in [0, 0.05) is 25.2 Å². The molecular formula is C15H24N2O. The van der Waals surface area contributed by atoms with Crippen LogP contribution in [0.1, 0.15) is 18.9 Å². The third-order valence-corrected chi connectivity index (χ3v) is 3.63. The SMILES string of the molecule is CCNC1CCOCC1N(C)Cc1ccccc1. The van der Waals surface area contributed by atoms with Crippen molar-refractivity contribution in [1.82, 2.24) is 10.2 Å². The maximum absolute atomic E-state index is 5.64. The molecule has 0 aromatic heterocycles. The van der Waals surface area contributed by atoms with E-state index in [0.717, 1.165) is 32.7 Å². The molecule has 2 atom stereocenters. The largest absolute Gasteiger partial charge is 0.380 e. The molecule has 2 unspecified atom stereocenters. The summed E-state index contributed by atoms with van der Waals surface area (Å²) < 4.78 is 5.64. The highest BCUT2D eigenvalue weighted by Gasteiger charge is 2.28. The number of nitrogens with one attached hydrogen (secondary N) is 1. The molecule has 0 saturated carbocycles. The molecule has 1 fully saturated rings. The molecule has 3 heteroatoms. The van der Waals surface area contributed by atoms with Gasteiger partial charge in [-0.15, -0.1) is 0 Å². The Morgan fingerprint density at radius 1 is 1.33 bits per heavy atom. The van der Waals surface area contributed by atoms with Crippen molar-refractivity contribution >= 4 is 0 Å². The van der Waals surface area contributed by atoms with Crippen LogP contribution in [0.3, 0.4) is 0 Å². The Hall–Kier alpha value is -0.900. The summed E-state index contributed by atoms with van der Waals surface area (Å²) in [4.78, 5) is 2.40. The predicted molar refractivity (Wildman–Crippen MR) is 74.6 cm³/mol. The Morgan fingerprint density at radius 2 is 2.11 bits per heavy atom. The van der Waals surface area contributed by atoms with Crippen LogP contribution >= 0.6 is 0 Å². The van der Waals surface area contributed by atoms with E-state index in [1.807, 2.05) is 0 Å². The number of hydrogen-bond acceptors (Lipinski definition) is 3. The zero-order valence-corrected chi connectivity index (χ0v) is 11.4. The quantitative estimate of drug-likeness (QED) is 0.861. The van der Waals surface area contributed by atoms with E-state index < -0.39 is 0 Å². The van der Waals surface area contributed by atoms with Gasteiger partial charge in [0.25, 0.3) is 0 Å². The van der Waals surface area contributed by atoms with E-state index in [1.165, 1.54) is 5.56 Å². The maximum Gasteiger partial charge on any atom is 0.0637 e. The Morgan fingerprint density at radius 3 is 2.83 bits per heavy atom. The minimum atomic E-state index is 0.471. The van der Waals surface area contributed by atoms with Gasteiger partial charge >= 0.3 is 0 Å². The molecule has 1 aliphatic heterocycles. The molecule has 0 aliphatic carbocycles. The van der Waals surface area contributed by atoms with Crippen molar-refractivity contribution in [1.29, 1.82) is 0 Å². The molecule has 3 nitrogen and oxygen atoms in total. The molecule has 1 saturated heterocycles. The predicted octanol–water partition coefficient (Wildman–Crippen LogP) is 1.89. The zero-order valence-electron chi connectivity index (χ0n) is 11.4. The second-order valence-electron chi connectivity index (χ2n) is 5.00. The lowest BCUT2D eigenvalue weighted by Crippen LogP contribution is -2.53. The Kier molecular flexibility index (Phi) is 5.17. The van der Waals surface area contributed by atoms with E-state index in [2.05, 4.69) is 54.5 Å². The molecule has 0 spiro atoms. The van der Waals surface area contributed by atoms with Crippen LogP contribution in [0.25, 0.3) is 0 Å². The molecular weight excluding hydrogens is 224 g/mol. The smallest absolute Gasteiger partial charge is 0.0637 e. The highest BCUT2D eigenvalue weighted by Crippen LogP contribution is 2.15. The summed E-state index contributed by atoms with van der Waals surface area (Å²) in [5.41, 5.74) is 1.36. The van der Waals surface area contributed by atoms with Gasteiger partial charge in [-0.25, -0.2) is 0 Å². The minimum Gasteiger partial charge on any atom is -0.380 e. The average molecular weight is 248 g/mol. The molecule has 1 N–H and O–H groups in total. The Bertz CT molecular complexity index is 340. The fourth-order valence-electron chi connectivity index (χ4n) is 2.65. The average Bonchev–Trinajstić information content (AvgIpc) is 2.41. The van der Waals surface area contributed by atoms with Crippen molar-refractivity contribution in [3.8, 4) is 0 Å². The number of ether oxygens (including phenoxy) is 1. The third-order valence-electron chi connectivity index (χ3n) is 3.63. The maximum atomic E-state index is 5.64. The Balaban J connectivity index is 1.95. The number of hydrogen-bond donors (Lipinski definition) is 1. The van der Waals surface area contributed by atoms with Gasteiger partial charge in [0.05, 0.1) is 6.61 Å². The lowest BCUT2D eigenvalue weighted by Gasteiger charge is -2.38. The van der Waals surface area contributed by atoms with Crippen LogP contribution in [0.2, 0.25) is 0 Å². The van der Waals surface area contributed by atoms with Crippen LogP contribution in [0.5, 0.6) is 0 Å². The van der Waals surface area contributed by atoms with E-state index in [1.54, 1.807) is 0 Å². The van der Waals surface area contributed by atoms with Crippen molar-refractivity contribution in [2.75, 3.05) is 26.8 Å². The van der Waals surface area contributed by atoms with E-state index >= 15 is 0 Å². The van der Waals surface area contributed by atoms with Crippen LogP contribution in [0.4, 0.5) is 0 Å². The van der Waals surface area contributed by atoms with Crippen LogP contribution < -0.4 is 5.32 Å². The monoisotopic (exact) mass is 248 g/mol. The first-order valence-corrected chi connectivity index (χ1v) is 6.86. The van der Waals surface area contributed by atoms with Crippen molar-refractivity contribution in [2.24, 2.45) is 0 Å². The summed E-state index contributed by atoms with van der Waals surface area (Å²) >= 11 is 0. The van der Waals surface area contributed by atoms with E-state index in [9.17, 15) is 0 Å². The lowest BCUT2D eigenvalue weighted by molar-refractivity contribution is 0.00384. The molecule has 1 aromatic carbocycles. The molecule has 0 bridgehead atoms. The highest BCUT2D eigenvalue weighted by molar-refractivity contribution is 5.14. The standard InChI is InChI=1S/C15H24N2O/c1-3-16-14-9-10-18-12-15(14)17(2)11-13-7-5-4-6-8-13/h4-8,14-16H,3,9-12H2,1-2H3. The van der Waals surface area contributed by atoms with Gasteiger partial charge in [0.2, 0.25) is 0 Å². The molecule has 18 heavy (non-hydrogen) atoms. The Labute approximate surface area is 110 Å². The number of rotatable bonds is 5. The van der Waals surface area contributed by atoms with Gasteiger partial charge in [0.1, 0.15) is 0 Å². The van der Waals surface area contributed by atoms with Crippen LogP contribution in [-0.2, 0) is 11.3 Å². The van der Waals surface area contributed by atoms with E-state index in [0.29, 0.717) is 12.1 Å². The molecule has 1 aromatic rings. The van der Waals surface area contributed by atoms with Gasteiger partial charge in [-0.1, -0.05) is 37.3 Å². The normalized spacial score (nSPS) is 24.4. The lowest BCUT2D eigenvalue weighted by atomic mass is 10.0. The molecule has 1 aliphatic rings. The molecule has 0 amide bonds. The number of benzene rings is 1. The fraction of sp³-hybridized carbons (Fsp3) is 0.600. The molecule has 0 radical (unpaired) electrons. The summed E-state index contributed by atoms with van der Waals surface area (Å²) in [6.07, 6.45) is 1.11. The fourth-order valence-corrected chi connectivity index (χ4v) is 2.65. The van der Waals surface area contributed by atoms with Crippen LogP contribution in [-0.4, -0.2) is 43.8 Å². The summed E-state index contributed by atoms with van der Waals surface area (Å²) in [5, 5.41) is 3.58. The minimum absolute atomic E-state index is 0.471. The topological polar surface area (TPSA) is 24.5 Å². The van der Waals surface area contributed by atoms with E-state index in [4.69, 9.17) is 4.74 Å².